The highest BCUT2D eigenvalue weighted by molar-refractivity contribution is 5.85. The second-order valence-electron chi connectivity index (χ2n) is 4.83. The third-order valence-electron chi connectivity index (χ3n) is 3.24. The van der Waals surface area contributed by atoms with Gasteiger partial charge in [-0.05, 0) is 49.6 Å². The van der Waals surface area contributed by atoms with E-state index >= 15 is 0 Å². The number of benzene rings is 1. The number of hydrogen-bond acceptors (Lipinski definition) is 2. The molecule has 0 aliphatic carbocycles. The van der Waals surface area contributed by atoms with Gasteiger partial charge < -0.3 is 4.90 Å². The Morgan fingerprint density at radius 2 is 1.76 bits per heavy atom. The molecule has 0 N–H and O–H groups in total. The number of aryl methyl sites for hydroxylation is 3. The van der Waals surface area contributed by atoms with Crippen LogP contribution in [0.2, 0.25) is 0 Å². The van der Waals surface area contributed by atoms with Gasteiger partial charge >= 0.3 is 0 Å². The van der Waals surface area contributed by atoms with E-state index in [0.717, 1.165) is 11.9 Å². The fraction of sp³-hybridized carbons (Fsp3) is 0.400. The van der Waals surface area contributed by atoms with Gasteiger partial charge in [0.05, 0.1) is 5.52 Å². The molecule has 0 saturated carbocycles. The fourth-order valence-corrected chi connectivity index (χ4v) is 2.30. The molecule has 0 unspecified atom stereocenters. The number of anilines is 1. The van der Waals surface area contributed by atoms with Crippen molar-refractivity contribution in [1.82, 2.24) is 4.98 Å². The summed E-state index contributed by atoms with van der Waals surface area (Å²) in [4.78, 5) is 6.89. The summed E-state index contributed by atoms with van der Waals surface area (Å²) >= 11 is 0. The lowest BCUT2D eigenvalue weighted by Gasteiger charge is -2.17. The molecule has 1 heterocycles. The zero-order valence-corrected chi connectivity index (χ0v) is 11.3. The van der Waals surface area contributed by atoms with E-state index in [1.165, 1.54) is 27.9 Å². The predicted molar refractivity (Wildman–Crippen MR) is 74.9 cm³/mol. The molecule has 0 spiro atoms. The molecule has 17 heavy (non-hydrogen) atoms. The first-order valence-corrected chi connectivity index (χ1v) is 6.11. The third-order valence-corrected chi connectivity index (χ3v) is 3.24. The first-order valence-electron chi connectivity index (χ1n) is 6.11. The maximum atomic E-state index is 4.74. The number of aromatic nitrogens is 1. The minimum absolute atomic E-state index is 0.996. The lowest BCUT2D eigenvalue weighted by Crippen LogP contribution is -2.10. The van der Waals surface area contributed by atoms with Crippen LogP contribution in [0.1, 0.15) is 23.7 Å². The molecule has 2 heteroatoms. The molecule has 2 nitrogen and oxygen atoms in total. The van der Waals surface area contributed by atoms with Crippen molar-refractivity contribution in [2.24, 2.45) is 0 Å². The smallest absolute Gasteiger partial charge is 0.0709 e. The molecule has 90 valence electrons. The van der Waals surface area contributed by atoms with Gasteiger partial charge in [-0.25, -0.2) is 0 Å². The third kappa shape index (κ3) is 2.12. The van der Waals surface area contributed by atoms with Gasteiger partial charge in [0.25, 0.3) is 0 Å². The lowest BCUT2D eigenvalue weighted by molar-refractivity contribution is 1.03. The number of pyridine rings is 1. The average molecular weight is 228 g/mol. The summed E-state index contributed by atoms with van der Waals surface area (Å²) in [5.74, 6) is 0. The largest absolute Gasteiger partial charge is 0.377 e. The molecular formula is C15H20N2. The molecule has 0 saturated heterocycles. The zero-order chi connectivity index (χ0) is 12.6. The molecule has 1 aromatic carbocycles. The Labute approximate surface area is 103 Å². The van der Waals surface area contributed by atoms with Crippen LogP contribution in [0.4, 0.5) is 5.69 Å². The first kappa shape index (κ1) is 11.9. The maximum Gasteiger partial charge on any atom is 0.0709 e. The number of rotatable bonds is 2. The minimum atomic E-state index is 0.996. The summed E-state index contributed by atoms with van der Waals surface area (Å²) in [5, 5.41) is 1.23. The van der Waals surface area contributed by atoms with E-state index in [2.05, 4.69) is 58.0 Å². The molecule has 0 aliphatic rings. The van der Waals surface area contributed by atoms with Gasteiger partial charge in [-0.15, -0.1) is 0 Å². The summed E-state index contributed by atoms with van der Waals surface area (Å²) in [6, 6.07) is 6.65. The predicted octanol–water partition coefficient (Wildman–Crippen LogP) is 3.48. The maximum absolute atomic E-state index is 4.74. The van der Waals surface area contributed by atoms with E-state index in [1.54, 1.807) is 0 Å². The second-order valence-corrected chi connectivity index (χ2v) is 4.83. The van der Waals surface area contributed by atoms with Crippen LogP contribution in [0.15, 0.2) is 18.2 Å². The molecular weight excluding hydrogens is 208 g/mol. The number of hydrogen-bond donors (Lipinski definition) is 0. The minimum Gasteiger partial charge on any atom is -0.377 e. The van der Waals surface area contributed by atoms with Crippen LogP contribution < -0.4 is 4.90 Å². The summed E-state index contributed by atoms with van der Waals surface area (Å²) in [6.45, 7) is 6.44. The Hall–Kier alpha value is -1.57. The molecule has 0 radical (unpaired) electrons. The van der Waals surface area contributed by atoms with Crippen molar-refractivity contribution in [2.45, 2.75) is 27.2 Å². The first-order chi connectivity index (χ1) is 8.02. The molecule has 0 bridgehead atoms. The van der Waals surface area contributed by atoms with Crippen molar-refractivity contribution >= 4 is 16.6 Å². The summed E-state index contributed by atoms with van der Waals surface area (Å²) in [5.41, 5.74) is 6.14. The SMILES string of the molecule is CCc1nc2cc(C)c(N(C)C)cc2cc1C. The van der Waals surface area contributed by atoms with Gasteiger partial charge in [0.1, 0.15) is 0 Å². The summed E-state index contributed by atoms with van der Waals surface area (Å²) < 4.78 is 0. The standard InChI is InChI=1S/C15H20N2/c1-6-13-10(2)7-12-9-15(17(4)5)11(3)8-14(12)16-13/h7-9H,6H2,1-5H3. The van der Waals surface area contributed by atoms with Crippen LogP contribution in [-0.4, -0.2) is 19.1 Å². The van der Waals surface area contributed by atoms with Crippen molar-refractivity contribution in [3.63, 3.8) is 0 Å². The van der Waals surface area contributed by atoms with Gasteiger partial charge in [-0.2, -0.15) is 0 Å². The van der Waals surface area contributed by atoms with E-state index in [0.29, 0.717) is 0 Å². The molecule has 2 rings (SSSR count). The Morgan fingerprint density at radius 3 is 2.35 bits per heavy atom. The highest BCUT2D eigenvalue weighted by Gasteiger charge is 2.06. The Bertz CT molecular complexity index is 556. The van der Waals surface area contributed by atoms with Gasteiger partial charge in [0.15, 0.2) is 0 Å². The summed E-state index contributed by atoms with van der Waals surface area (Å²) in [7, 11) is 4.16. The van der Waals surface area contributed by atoms with Crippen LogP contribution in [0, 0.1) is 13.8 Å². The Morgan fingerprint density at radius 1 is 1.06 bits per heavy atom. The van der Waals surface area contributed by atoms with E-state index in [-0.39, 0.29) is 0 Å². The van der Waals surface area contributed by atoms with E-state index in [1.807, 2.05) is 0 Å². The second kappa shape index (κ2) is 4.36. The molecule has 1 aromatic heterocycles. The van der Waals surface area contributed by atoms with E-state index < -0.39 is 0 Å². The monoisotopic (exact) mass is 228 g/mol. The van der Waals surface area contributed by atoms with Crippen molar-refractivity contribution in [1.29, 1.82) is 0 Å². The van der Waals surface area contributed by atoms with Gasteiger partial charge in [-0.3, -0.25) is 4.98 Å². The van der Waals surface area contributed by atoms with Crippen LogP contribution in [0.25, 0.3) is 10.9 Å². The van der Waals surface area contributed by atoms with Crippen molar-refractivity contribution in [3.8, 4) is 0 Å². The normalized spacial score (nSPS) is 10.9. The van der Waals surface area contributed by atoms with E-state index in [4.69, 9.17) is 4.98 Å². The Kier molecular flexibility index (Phi) is 3.05. The van der Waals surface area contributed by atoms with Crippen molar-refractivity contribution in [2.75, 3.05) is 19.0 Å². The molecule has 0 atom stereocenters. The fourth-order valence-electron chi connectivity index (χ4n) is 2.30. The van der Waals surface area contributed by atoms with Gasteiger partial charge in [0.2, 0.25) is 0 Å². The Balaban J connectivity index is 2.70. The van der Waals surface area contributed by atoms with Gasteiger partial charge in [-0.1, -0.05) is 6.92 Å². The van der Waals surface area contributed by atoms with Crippen LogP contribution in [0.5, 0.6) is 0 Å². The van der Waals surface area contributed by atoms with Crippen LogP contribution >= 0.6 is 0 Å². The molecule has 0 fully saturated rings. The van der Waals surface area contributed by atoms with Crippen LogP contribution in [0.3, 0.4) is 0 Å². The molecule has 2 aromatic rings. The summed E-state index contributed by atoms with van der Waals surface area (Å²) in [6.07, 6.45) is 0.996. The highest BCUT2D eigenvalue weighted by atomic mass is 15.1. The zero-order valence-electron chi connectivity index (χ0n) is 11.3. The molecule has 0 aliphatic heterocycles. The van der Waals surface area contributed by atoms with Crippen LogP contribution in [-0.2, 0) is 6.42 Å². The van der Waals surface area contributed by atoms with Crippen molar-refractivity contribution < 1.29 is 0 Å². The quantitative estimate of drug-likeness (QED) is 0.782. The van der Waals surface area contributed by atoms with E-state index in [9.17, 15) is 0 Å². The average Bonchev–Trinajstić information content (AvgIpc) is 2.27. The number of nitrogens with zero attached hydrogens (tertiary/aromatic N) is 2. The van der Waals surface area contributed by atoms with Gasteiger partial charge in [0, 0.05) is 30.9 Å². The lowest BCUT2D eigenvalue weighted by atomic mass is 10.1. The number of fused-ring (bicyclic) bond motifs is 1. The highest BCUT2D eigenvalue weighted by Crippen LogP contribution is 2.25. The molecule has 0 amide bonds. The topological polar surface area (TPSA) is 16.1 Å². The van der Waals surface area contributed by atoms with Crippen molar-refractivity contribution in [3.05, 3.63) is 35.0 Å².